The number of hydrogen-bond acceptors (Lipinski definition) is 7. The van der Waals surface area contributed by atoms with E-state index in [1.54, 1.807) is 24.3 Å². The molecule has 0 bridgehead atoms. The van der Waals surface area contributed by atoms with Crippen LogP contribution in [-0.4, -0.2) is 81.0 Å². The van der Waals surface area contributed by atoms with E-state index in [9.17, 15) is 23.1 Å². The second kappa shape index (κ2) is 10.5. The van der Waals surface area contributed by atoms with Gasteiger partial charge in [-0.05, 0) is 42.0 Å². The Morgan fingerprint density at radius 3 is 2.31 bits per heavy atom. The second-order valence-electron chi connectivity index (χ2n) is 8.08. The summed E-state index contributed by atoms with van der Waals surface area (Å²) in [5.41, 5.74) is 0.726. The van der Waals surface area contributed by atoms with Gasteiger partial charge in [0.15, 0.2) is 0 Å². The van der Waals surface area contributed by atoms with Crippen molar-refractivity contribution in [3.05, 3.63) is 70.3 Å². The van der Waals surface area contributed by atoms with Crippen LogP contribution >= 0.6 is 11.6 Å². The molecule has 2 saturated heterocycles. The highest BCUT2D eigenvalue weighted by Gasteiger charge is 2.45. The predicted molar refractivity (Wildman–Crippen MR) is 128 cm³/mol. The maximum absolute atomic E-state index is 13.0. The first-order valence-corrected chi connectivity index (χ1v) is 12.8. The molecule has 1 amide bonds. The first-order chi connectivity index (χ1) is 16.8. The lowest BCUT2D eigenvalue weighted by molar-refractivity contribution is -0.140. The van der Waals surface area contributed by atoms with Crippen molar-refractivity contribution in [2.45, 2.75) is 10.9 Å². The summed E-state index contributed by atoms with van der Waals surface area (Å²) in [6, 6.07) is 11.4. The van der Waals surface area contributed by atoms with Gasteiger partial charge in [-0.25, -0.2) is 8.42 Å². The lowest BCUT2D eigenvalue weighted by Crippen LogP contribution is -2.40. The van der Waals surface area contributed by atoms with Crippen molar-refractivity contribution in [2.24, 2.45) is 0 Å². The van der Waals surface area contributed by atoms with Crippen LogP contribution in [0, 0.1) is 0 Å². The lowest BCUT2D eigenvalue weighted by atomic mass is 9.95. The number of aliphatic hydroxyl groups excluding tert-OH is 1. The Kier molecular flexibility index (Phi) is 7.58. The number of morpholine rings is 1. The van der Waals surface area contributed by atoms with Gasteiger partial charge in [-0.15, -0.1) is 0 Å². The van der Waals surface area contributed by atoms with E-state index in [1.165, 1.54) is 40.6 Å². The fourth-order valence-corrected chi connectivity index (χ4v) is 5.70. The van der Waals surface area contributed by atoms with Gasteiger partial charge in [0.25, 0.3) is 11.7 Å². The third kappa shape index (κ3) is 4.98. The smallest absolute Gasteiger partial charge is 0.295 e. The molecule has 1 atom stereocenters. The van der Waals surface area contributed by atoms with Crippen molar-refractivity contribution in [3.8, 4) is 0 Å². The Labute approximate surface area is 208 Å². The van der Waals surface area contributed by atoms with Crippen LogP contribution in [0.5, 0.6) is 0 Å². The lowest BCUT2D eigenvalue weighted by Gasteiger charge is -2.26. The van der Waals surface area contributed by atoms with E-state index in [0.29, 0.717) is 23.8 Å². The van der Waals surface area contributed by atoms with E-state index in [0.717, 1.165) is 0 Å². The normalized spacial score (nSPS) is 21.0. The molecule has 4 rings (SSSR count). The van der Waals surface area contributed by atoms with Crippen molar-refractivity contribution < 1.29 is 32.6 Å². The van der Waals surface area contributed by atoms with Crippen molar-refractivity contribution in [1.82, 2.24) is 9.21 Å². The predicted octanol–water partition coefficient (Wildman–Crippen LogP) is 2.43. The molecule has 2 heterocycles. The number of halogens is 1. The highest BCUT2D eigenvalue weighted by Crippen LogP contribution is 2.39. The minimum atomic E-state index is -3.72. The molecule has 2 aromatic carbocycles. The minimum absolute atomic E-state index is 0.0609. The largest absolute Gasteiger partial charge is 0.507 e. The number of hydrogen-bond donors (Lipinski definition) is 1. The molecule has 186 valence electrons. The maximum atomic E-state index is 13.0. The highest BCUT2D eigenvalue weighted by atomic mass is 35.5. The number of methoxy groups -OCH3 is 1. The molecular weight excluding hydrogens is 496 g/mol. The number of amides is 1. The zero-order chi connectivity index (χ0) is 25.2. The van der Waals surface area contributed by atoms with Crippen LogP contribution in [0.3, 0.4) is 0 Å². The summed E-state index contributed by atoms with van der Waals surface area (Å²) in [4.78, 5) is 27.2. The van der Waals surface area contributed by atoms with E-state index in [4.69, 9.17) is 21.1 Å². The van der Waals surface area contributed by atoms with E-state index in [-0.39, 0.29) is 42.3 Å². The van der Waals surface area contributed by atoms with Gasteiger partial charge in [0, 0.05) is 37.3 Å². The summed E-state index contributed by atoms with van der Waals surface area (Å²) >= 11 is 6.01. The minimum Gasteiger partial charge on any atom is -0.507 e. The Bertz CT molecular complexity index is 1240. The molecule has 2 aliphatic rings. The molecule has 0 saturated carbocycles. The molecular formula is C24H25ClN2O7S. The Hall–Kier alpha value is -2.76. The topological polar surface area (TPSA) is 113 Å². The number of carbonyl (C=O) groups is 2. The van der Waals surface area contributed by atoms with Gasteiger partial charge in [0.1, 0.15) is 5.76 Å². The number of carbonyl (C=O) groups excluding carboxylic acids is 2. The average Bonchev–Trinajstić information content (AvgIpc) is 3.13. The average molecular weight is 521 g/mol. The van der Waals surface area contributed by atoms with E-state index in [2.05, 4.69) is 0 Å². The molecule has 0 unspecified atom stereocenters. The number of nitrogens with zero attached hydrogens (tertiary/aromatic N) is 2. The molecule has 9 nitrogen and oxygen atoms in total. The molecule has 11 heteroatoms. The third-order valence-corrected chi connectivity index (χ3v) is 8.16. The molecule has 0 aromatic heterocycles. The Morgan fingerprint density at radius 2 is 1.71 bits per heavy atom. The first kappa shape index (κ1) is 25.3. The first-order valence-electron chi connectivity index (χ1n) is 11.0. The number of rotatable bonds is 7. The van der Waals surface area contributed by atoms with Crippen molar-refractivity contribution >= 4 is 39.1 Å². The fourth-order valence-electron chi connectivity index (χ4n) is 4.17. The van der Waals surface area contributed by atoms with Crippen molar-refractivity contribution in [3.63, 3.8) is 0 Å². The number of benzene rings is 2. The van der Waals surface area contributed by atoms with Crippen LogP contribution in [-0.2, 0) is 29.1 Å². The Balaban J connectivity index is 1.73. The molecule has 2 aromatic rings. The summed E-state index contributed by atoms with van der Waals surface area (Å²) in [6.45, 7) is 1.51. The van der Waals surface area contributed by atoms with Crippen LogP contribution in [0.1, 0.15) is 17.2 Å². The summed E-state index contributed by atoms with van der Waals surface area (Å²) < 4.78 is 37.4. The van der Waals surface area contributed by atoms with Gasteiger partial charge in [-0.2, -0.15) is 4.31 Å². The number of sulfonamides is 1. The van der Waals surface area contributed by atoms with E-state index >= 15 is 0 Å². The summed E-state index contributed by atoms with van der Waals surface area (Å²) in [6.07, 6.45) is 0. The third-order valence-electron chi connectivity index (χ3n) is 6.00. The zero-order valence-electron chi connectivity index (χ0n) is 19.0. The fraction of sp³-hybridized carbons (Fsp3) is 0.333. The molecule has 0 aliphatic carbocycles. The molecule has 35 heavy (non-hydrogen) atoms. The molecule has 2 fully saturated rings. The summed E-state index contributed by atoms with van der Waals surface area (Å²) in [5.74, 6) is -1.97. The van der Waals surface area contributed by atoms with Crippen LogP contribution in [0.15, 0.2) is 59.0 Å². The standard InChI is InChI=1S/C24H25ClN2O7S/c1-33-13-12-27-21(16-2-6-18(25)7-3-16)20(23(29)24(27)30)22(28)17-4-8-19(9-5-17)35(31,32)26-10-14-34-15-11-26/h2-9,21,28H,10-15H2,1H3/b22-20+/t21-/m0/s1. The SMILES string of the molecule is COCCN1C(=O)C(=O)/C(=C(/O)c2ccc(S(=O)(=O)N3CCOCC3)cc2)[C@@H]1c1ccc(Cl)cc1. The molecule has 0 spiro atoms. The molecule has 1 N–H and O–H groups in total. The Morgan fingerprint density at radius 1 is 1.09 bits per heavy atom. The van der Waals surface area contributed by atoms with Gasteiger partial charge in [0.2, 0.25) is 10.0 Å². The van der Waals surface area contributed by atoms with Gasteiger partial charge >= 0.3 is 0 Å². The van der Waals surface area contributed by atoms with Gasteiger partial charge in [0.05, 0.1) is 36.3 Å². The molecule has 0 radical (unpaired) electrons. The van der Waals surface area contributed by atoms with E-state index in [1.807, 2.05) is 0 Å². The van der Waals surface area contributed by atoms with Crippen LogP contribution in [0.25, 0.3) is 5.76 Å². The van der Waals surface area contributed by atoms with Gasteiger partial charge in [-0.3, -0.25) is 9.59 Å². The summed E-state index contributed by atoms with van der Waals surface area (Å²) in [5, 5.41) is 11.6. The van der Waals surface area contributed by atoms with Crippen LogP contribution in [0.4, 0.5) is 0 Å². The zero-order valence-corrected chi connectivity index (χ0v) is 20.6. The van der Waals surface area contributed by atoms with Gasteiger partial charge < -0.3 is 19.5 Å². The van der Waals surface area contributed by atoms with Crippen molar-refractivity contribution in [1.29, 1.82) is 0 Å². The van der Waals surface area contributed by atoms with Gasteiger partial charge in [-0.1, -0.05) is 23.7 Å². The quantitative estimate of drug-likeness (QED) is 0.339. The monoisotopic (exact) mass is 520 g/mol. The maximum Gasteiger partial charge on any atom is 0.295 e. The number of likely N-dealkylation sites (tertiary alicyclic amines) is 1. The van der Waals surface area contributed by atoms with Crippen LogP contribution < -0.4 is 0 Å². The second-order valence-corrected chi connectivity index (χ2v) is 10.5. The number of ether oxygens (including phenoxy) is 2. The number of ketones is 1. The van der Waals surface area contributed by atoms with Crippen molar-refractivity contribution in [2.75, 3.05) is 46.6 Å². The highest BCUT2D eigenvalue weighted by molar-refractivity contribution is 7.89. The number of aliphatic hydroxyl groups is 1. The molecule has 2 aliphatic heterocycles. The van der Waals surface area contributed by atoms with E-state index < -0.39 is 33.5 Å². The number of Topliss-reactive ketones (excluding diaryl/α,β-unsaturated/α-hetero) is 1. The van der Waals surface area contributed by atoms with Crippen LogP contribution in [0.2, 0.25) is 5.02 Å². The summed E-state index contributed by atoms with van der Waals surface area (Å²) in [7, 11) is -2.23.